The number of halogens is 1. The van der Waals surface area contributed by atoms with Crippen molar-refractivity contribution in [1.82, 2.24) is 15.1 Å². The van der Waals surface area contributed by atoms with Gasteiger partial charge in [-0.15, -0.1) is 0 Å². The van der Waals surface area contributed by atoms with Gasteiger partial charge in [-0.3, -0.25) is 15.6 Å². The molecule has 7 nitrogen and oxygen atoms in total. The van der Waals surface area contributed by atoms with Crippen LogP contribution < -0.4 is 10.9 Å². The molecular formula is C19H17FN6O. The Labute approximate surface area is 153 Å². The Hall–Kier alpha value is -3.55. The third-order valence-corrected chi connectivity index (χ3v) is 4.88. The largest absolute Gasteiger partial charge is 0.377 e. The summed E-state index contributed by atoms with van der Waals surface area (Å²) in [4.78, 5) is 13.6. The van der Waals surface area contributed by atoms with E-state index >= 15 is 0 Å². The van der Waals surface area contributed by atoms with Gasteiger partial charge in [0.05, 0.1) is 29.4 Å². The second-order valence-corrected chi connectivity index (χ2v) is 6.44. The van der Waals surface area contributed by atoms with Crippen LogP contribution in [0.25, 0.3) is 10.8 Å². The first-order chi connectivity index (χ1) is 13.0. The van der Waals surface area contributed by atoms with Crippen LogP contribution in [0, 0.1) is 16.6 Å². The highest BCUT2D eigenvalue weighted by Crippen LogP contribution is 2.43. The van der Waals surface area contributed by atoms with Crippen LogP contribution in [0.3, 0.4) is 0 Å². The van der Waals surface area contributed by atoms with E-state index in [1.165, 1.54) is 17.0 Å². The molecule has 136 valence electrons. The second kappa shape index (κ2) is 6.31. The first-order valence-electron chi connectivity index (χ1n) is 8.36. The van der Waals surface area contributed by atoms with Gasteiger partial charge in [-0.2, -0.15) is 5.10 Å². The van der Waals surface area contributed by atoms with E-state index in [1.807, 2.05) is 6.07 Å². The van der Waals surface area contributed by atoms with Gasteiger partial charge in [-0.1, -0.05) is 18.2 Å². The molecule has 8 heteroatoms. The van der Waals surface area contributed by atoms with Gasteiger partial charge in [-0.05, 0) is 29.8 Å². The highest BCUT2D eigenvalue weighted by molar-refractivity contribution is 6.03. The van der Waals surface area contributed by atoms with E-state index in [4.69, 9.17) is 10.8 Å². The molecule has 1 aliphatic heterocycles. The van der Waals surface area contributed by atoms with Crippen molar-refractivity contribution in [3.8, 4) is 0 Å². The molecule has 0 saturated heterocycles. The zero-order chi connectivity index (χ0) is 19.1. The van der Waals surface area contributed by atoms with Gasteiger partial charge in [-0.25, -0.2) is 9.49 Å². The predicted octanol–water partition coefficient (Wildman–Crippen LogP) is 2.83. The van der Waals surface area contributed by atoms with Gasteiger partial charge >= 0.3 is 0 Å². The fourth-order valence-electron chi connectivity index (χ4n) is 3.52. The zero-order valence-electron chi connectivity index (χ0n) is 14.5. The van der Waals surface area contributed by atoms with Crippen molar-refractivity contribution < 1.29 is 4.39 Å². The molecule has 1 aliphatic rings. The lowest BCUT2D eigenvalue weighted by Crippen LogP contribution is -2.38. The summed E-state index contributed by atoms with van der Waals surface area (Å²) >= 11 is 0. The summed E-state index contributed by atoms with van der Waals surface area (Å²) in [5.74, 6) is -0.777. The number of hydrogen-bond acceptors (Lipinski definition) is 5. The fourth-order valence-corrected chi connectivity index (χ4v) is 3.52. The van der Waals surface area contributed by atoms with Gasteiger partial charge < -0.3 is 10.2 Å². The Morgan fingerprint density at radius 2 is 2.00 bits per heavy atom. The number of benzene rings is 2. The lowest BCUT2D eigenvalue weighted by Gasteiger charge is -2.36. The Balaban J connectivity index is 1.97. The van der Waals surface area contributed by atoms with E-state index in [0.29, 0.717) is 16.5 Å². The van der Waals surface area contributed by atoms with Crippen LogP contribution in [0.2, 0.25) is 0 Å². The molecule has 0 aliphatic carbocycles. The summed E-state index contributed by atoms with van der Waals surface area (Å²) in [5.41, 5.74) is 1.76. The molecule has 3 aromatic rings. The van der Waals surface area contributed by atoms with Gasteiger partial charge in [0, 0.05) is 18.1 Å². The number of anilines is 1. The summed E-state index contributed by atoms with van der Waals surface area (Å²) in [6.45, 7) is 0. The van der Waals surface area contributed by atoms with Crippen LogP contribution >= 0.6 is 0 Å². The number of rotatable bonds is 3. The van der Waals surface area contributed by atoms with Crippen molar-refractivity contribution in [3.63, 3.8) is 0 Å². The maximum absolute atomic E-state index is 13.4. The maximum Gasteiger partial charge on any atom is 0.272 e. The molecule has 0 spiro atoms. The molecule has 0 saturated carbocycles. The van der Waals surface area contributed by atoms with Gasteiger partial charge in [0.2, 0.25) is 0 Å². The molecule has 2 atom stereocenters. The predicted molar refractivity (Wildman–Crippen MR) is 102 cm³/mol. The standard InChI is InChI=1S/C19H17FN6O/c1-26(9-21)18(22)15-16(10-5-7-11(20)8-6-10)23-13-4-2-3-12-14(13)17(15)24-25-19(12)27/h2-9,15-16,21-23H,1H3,(H,25,27). The Kier molecular flexibility index (Phi) is 3.95. The molecule has 2 heterocycles. The van der Waals surface area contributed by atoms with E-state index in [2.05, 4.69) is 15.5 Å². The first kappa shape index (κ1) is 16.9. The van der Waals surface area contributed by atoms with Crippen LogP contribution in [-0.2, 0) is 0 Å². The van der Waals surface area contributed by atoms with Crippen LogP contribution in [0.1, 0.15) is 23.2 Å². The van der Waals surface area contributed by atoms with Crippen LogP contribution in [-0.4, -0.2) is 34.3 Å². The van der Waals surface area contributed by atoms with Crippen molar-refractivity contribution in [2.24, 2.45) is 0 Å². The maximum atomic E-state index is 13.4. The van der Waals surface area contributed by atoms with E-state index in [1.54, 1.807) is 31.3 Å². The molecule has 0 radical (unpaired) electrons. The second-order valence-electron chi connectivity index (χ2n) is 6.44. The minimum Gasteiger partial charge on any atom is -0.377 e. The number of nitrogens with zero attached hydrogens (tertiary/aromatic N) is 2. The van der Waals surface area contributed by atoms with E-state index in [0.717, 1.165) is 17.6 Å². The lowest BCUT2D eigenvalue weighted by molar-refractivity contribution is 0.606. The van der Waals surface area contributed by atoms with Gasteiger partial charge in [0.25, 0.3) is 5.56 Å². The number of H-pyrrole nitrogens is 1. The Morgan fingerprint density at radius 1 is 1.26 bits per heavy atom. The quantitative estimate of drug-likeness (QED) is 0.423. The molecule has 4 N–H and O–H groups in total. The highest BCUT2D eigenvalue weighted by atomic mass is 19.1. The molecule has 2 unspecified atom stereocenters. The Morgan fingerprint density at radius 3 is 2.70 bits per heavy atom. The van der Waals surface area contributed by atoms with Crippen LogP contribution in [0.5, 0.6) is 0 Å². The fraction of sp³-hybridized carbons (Fsp3) is 0.158. The summed E-state index contributed by atoms with van der Waals surface area (Å²) in [5, 5.41) is 27.4. The molecule has 0 amide bonds. The normalized spacial score (nSPS) is 18.0. The number of amidine groups is 1. The van der Waals surface area contributed by atoms with Gasteiger partial charge in [0.15, 0.2) is 0 Å². The average Bonchev–Trinajstić information content (AvgIpc) is 2.69. The average molecular weight is 364 g/mol. The third-order valence-electron chi connectivity index (χ3n) is 4.88. The molecule has 1 aromatic heterocycles. The number of nitrogens with one attached hydrogen (secondary N) is 4. The Bertz CT molecular complexity index is 1110. The number of aromatic nitrogens is 2. The first-order valence-corrected chi connectivity index (χ1v) is 8.36. The highest BCUT2D eigenvalue weighted by Gasteiger charge is 2.37. The summed E-state index contributed by atoms with van der Waals surface area (Å²) in [6.07, 6.45) is 1.05. The molecule has 2 aromatic carbocycles. The van der Waals surface area contributed by atoms with Gasteiger partial charge in [0.1, 0.15) is 11.7 Å². The van der Waals surface area contributed by atoms with E-state index < -0.39 is 12.0 Å². The molecule has 4 rings (SSSR count). The molecule has 0 fully saturated rings. The van der Waals surface area contributed by atoms with Crippen LogP contribution in [0.15, 0.2) is 47.3 Å². The van der Waals surface area contributed by atoms with Crippen molar-refractivity contribution >= 4 is 28.6 Å². The van der Waals surface area contributed by atoms with Crippen molar-refractivity contribution in [3.05, 3.63) is 69.9 Å². The topological polar surface area (TPSA) is 109 Å². The minimum atomic E-state index is -0.573. The monoisotopic (exact) mass is 364 g/mol. The summed E-state index contributed by atoms with van der Waals surface area (Å²) in [7, 11) is 1.61. The SMILES string of the molecule is CN(C=N)C(=N)C1c2n[nH]c(=O)c3cccc(c23)NC1c1ccc(F)cc1. The number of aromatic amines is 1. The lowest BCUT2D eigenvalue weighted by atomic mass is 9.83. The summed E-state index contributed by atoms with van der Waals surface area (Å²) in [6, 6.07) is 11.0. The number of hydrogen-bond donors (Lipinski definition) is 4. The van der Waals surface area contributed by atoms with Crippen molar-refractivity contribution in [1.29, 1.82) is 10.8 Å². The van der Waals surface area contributed by atoms with Crippen molar-refractivity contribution in [2.75, 3.05) is 12.4 Å². The molecule has 27 heavy (non-hydrogen) atoms. The van der Waals surface area contributed by atoms with Crippen LogP contribution in [0.4, 0.5) is 10.1 Å². The molecular weight excluding hydrogens is 347 g/mol. The summed E-state index contributed by atoms with van der Waals surface area (Å²) < 4.78 is 13.4. The van der Waals surface area contributed by atoms with E-state index in [-0.39, 0.29) is 17.2 Å². The third kappa shape index (κ3) is 2.66. The zero-order valence-corrected chi connectivity index (χ0v) is 14.5. The van der Waals surface area contributed by atoms with Crippen molar-refractivity contribution in [2.45, 2.75) is 12.0 Å². The minimum absolute atomic E-state index is 0.141. The number of likely N-dealkylation sites (N-methyl/N-ethyl adjacent to an activating group) is 1. The van der Waals surface area contributed by atoms with E-state index in [9.17, 15) is 9.18 Å². The molecule has 0 bridgehead atoms. The smallest absolute Gasteiger partial charge is 0.272 e.